The van der Waals surface area contributed by atoms with E-state index in [0.717, 1.165) is 31.2 Å². The molecule has 7 heteroatoms. The van der Waals surface area contributed by atoms with Crippen LogP contribution in [-0.4, -0.2) is 18.5 Å². The summed E-state index contributed by atoms with van der Waals surface area (Å²) in [7, 11) is 0. The van der Waals surface area contributed by atoms with E-state index in [1.54, 1.807) is 25.1 Å². The van der Waals surface area contributed by atoms with Gasteiger partial charge in [-0.2, -0.15) is 0 Å². The summed E-state index contributed by atoms with van der Waals surface area (Å²) in [5, 5.41) is 4.36. The molecule has 3 rings (SSSR count). The van der Waals surface area contributed by atoms with Gasteiger partial charge in [0.25, 0.3) is 0 Å². The zero-order valence-electron chi connectivity index (χ0n) is 15.9. The summed E-state index contributed by atoms with van der Waals surface area (Å²) in [6, 6.07) is 5.14. The summed E-state index contributed by atoms with van der Waals surface area (Å²) < 4.78 is 5.26. The third-order valence-corrected chi connectivity index (χ3v) is 6.95. The van der Waals surface area contributed by atoms with Gasteiger partial charge in [0, 0.05) is 14.9 Å². The Morgan fingerprint density at radius 3 is 2.61 bits per heavy atom. The number of rotatable bonds is 6. The van der Waals surface area contributed by atoms with Gasteiger partial charge in [-0.15, -0.1) is 11.3 Å². The van der Waals surface area contributed by atoms with Crippen LogP contribution in [-0.2, 0) is 28.8 Å². The molecule has 0 saturated heterocycles. The molecule has 0 radical (unpaired) electrons. The maximum absolute atomic E-state index is 12.7. The number of benzene rings is 1. The second kappa shape index (κ2) is 9.29. The molecule has 1 atom stereocenters. The van der Waals surface area contributed by atoms with Crippen molar-refractivity contribution < 1.29 is 14.3 Å². The van der Waals surface area contributed by atoms with E-state index in [1.165, 1.54) is 16.2 Å². The lowest BCUT2D eigenvalue weighted by Crippen LogP contribution is -2.18. The van der Waals surface area contributed by atoms with E-state index < -0.39 is 0 Å². The number of hydrogen-bond acceptors (Lipinski definition) is 4. The maximum Gasteiger partial charge on any atom is 0.341 e. The molecule has 0 saturated carbocycles. The number of nitrogens with one attached hydrogen (secondary N) is 1. The minimum absolute atomic E-state index is 0.0426. The van der Waals surface area contributed by atoms with Gasteiger partial charge in [0.2, 0.25) is 5.91 Å². The third-order valence-electron chi connectivity index (χ3n) is 5.08. The number of carbonyl (C=O) groups is 2. The predicted molar refractivity (Wildman–Crippen MR) is 115 cm³/mol. The molecule has 2 aromatic rings. The fourth-order valence-corrected chi connectivity index (χ4v) is 5.44. The van der Waals surface area contributed by atoms with Crippen LogP contribution in [0.3, 0.4) is 0 Å². The molecule has 0 fully saturated rings. The Bertz CT molecular complexity index is 874. The molecule has 1 amide bonds. The second-order valence-corrected chi connectivity index (χ2v) is 8.79. The lowest BCUT2D eigenvalue weighted by atomic mass is 9.85. The van der Waals surface area contributed by atoms with E-state index in [4.69, 9.17) is 27.9 Å². The highest BCUT2D eigenvalue weighted by Gasteiger charge is 2.30. The molecule has 1 aliphatic rings. The highest BCUT2D eigenvalue weighted by Crippen LogP contribution is 2.41. The first kappa shape index (κ1) is 21.2. The van der Waals surface area contributed by atoms with Gasteiger partial charge >= 0.3 is 5.97 Å². The Morgan fingerprint density at radius 1 is 1.25 bits per heavy atom. The molecule has 28 heavy (non-hydrogen) atoms. The normalized spacial score (nSPS) is 15.8. The monoisotopic (exact) mass is 439 g/mol. The first-order valence-electron chi connectivity index (χ1n) is 9.48. The summed E-state index contributed by atoms with van der Waals surface area (Å²) >= 11 is 13.8. The molecular formula is C21H23Cl2NO3S. The van der Waals surface area contributed by atoms with Crippen LogP contribution in [0.25, 0.3) is 0 Å². The zero-order chi connectivity index (χ0) is 20.3. The molecule has 1 unspecified atom stereocenters. The lowest BCUT2D eigenvalue weighted by Gasteiger charge is -2.20. The van der Waals surface area contributed by atoms with Gasteiger partial charge in [-0.05, 0) is 55.4 Å². The van der Waals surface area contributed by atoms with Crippen molar-refractivity contribution in [2.75, 3.05) is 11.9 Å². The zero-order valence-corrected chi connectivity index (χ0v) is 18.3. The Hall–Kier alpha value is -1.56. The van der Waals surface area contributed by atoms with E-state index in [9.17, 15) is 9.59 Å². The van der Waals surface area contributed by atoms with Crippen LogP contribution in [0.4, 0.5) is 5.00 Å². The van der Waals surface area contributed by atoms with Crippen molar-refractivity contribution >= 4 is 51.4 Å². The molecule has 4 nitrogen and oxygen atoms in total. The van der Waals surface area contributed by atoms with Gasteiger partial charge in [0.05, 0.1) is 18.6 Å². The average Bonchev–Trinajstić information content (AvgIpc) is 3.01. The Balaban J connectivity index is 1.87. The van der Waals surface area contributed by atoms with Crippen molar-refractivity contribution in [3.63, 3.8) is 0 Å². The highest BCUT2D eigenvalue weighted by atomic mass is 35.5. The Labute approximate surface area is 179 Å². The van der Waals surface area contributed by atoms with Gasteiger partial charge in [0.15, 0.2) is 0 Å². The first-order chi connectivity index (χ1) is 13.4. The van der Waals surface area contributed by atoms with Gasteiger partial charge < -0.3 is 10.1 Å². The topological polar surface area (TPSA) is 55.4 Å². The number of amides is 1. The fourth-order valence-electron chi connectivity index (χ4n) is 3.54. The fraction of sp³-hybridized carbons (Fsp3) is 0.429. The SMILES string of the molecule is CCOC(=O)c1c(NC(=O)Cc2c(Cl)cccc2Cl)sc2c1CCC(CC)C2. The summed E-state index contributed by atoms with van der Waals surface area (Å²) in [5.74, 6) is -0.0149. The van der Waals surface area contributed by atoms with E-state index in [1.807, 2.05) is 0 Å². The number of ether oxygens (including phenoxy) is 1. The highest BCUT2D eigenvalue weighted by molar-refractivity contribution is 7.17. The predicted octanol–water partition coefficient (Wildman–Crippen LogP) is 5.93. The second-order valence-electron chi connectivity index (χ2n) is 6.87. The van der Waals surface area contributed by atoms with Crippen molar-refractivity contribution in [1.29, 1.82) is 0 Å². The quantitative estimate of drug-likeness (QED) is 0.567. The Kier molecular flexibility index (Phi) is 7.02. The van der Waals surface area contributed by atoms with Crippen LogP contribution in [0.1, 0.15) is 53.1 Å². The molecule has 1 aromatic heterocycles. The summed E-state index contributed by atoms with van der Waals surface area (Å²) in [6.07, 6.45) is 3.98. The third kappa shape index (κ3) is 4.53. The van der Waals surface area contributed by atoms with Crippen molar-refractivity contribution in [3.05, 3.63) is 49.8 Å². The number of halogens is 2. The number of thiophene rings is 1. The smallest absolute Gasteiger partial charge is 0.341 e. The van der Waals surface area contributed by atoms with Crippen molar-refractivity contribution in [3.8, 4) is 0 Å². The van der Waals surface area contributed by atoms with Gasteiger partial charge in [-0.1, -0.05) is 42.6 Å². The van der Waals surface area contributed by atoms with Crippen molar-refractivity contribution in [1.82, 2.24) is 0 Å². The van der Waals surface area contributed by atoms with E-state index >= 15 is 0 Å². The van der Waals surface area contributed by atoms with Crippen LogP contribution in [0.5, 0.6) is 0 Å². The standard InChI is InChI=1S/C21H23Cl2NO3S/c1-3-12-8-9-13-17(10-12)28-20(19(13)21(26)27-4-2)24-18(25)11-14-15(22)6-5-7-16(14)23/h5-7,12H,3-4,8-11H2,1-2H3,(H,24,25). The molecule has 0 bridgehead atoms. The van der Waals surface area contributed by atoms with Crippen LogP contribution >= 0.6 is 34.5 Å². The molecule has 1 aliphatic carbocycles. The molecule has 150 valence electrons. The summed E-state index contributed by atoms with van der Waals surface area (Å²) in [5.41, 5.74) is 2.11. The van der Waals surface area contributed by atoms with E-state index in [-0.39, 0.29) is 18.3 Å². The number of carbonyl (C=O) groups excluding carboxylic acids is 2. The first-order valence-corrected chi connectivity index (χ1v) is 11.1. The lowest BCUT2D eigenvalue weighted by molar-refractivity contribution is -0.115. The van der Waals surface area contributed by atoms with Gasteiger partial charge in [0.1, 0.15) is 5.00 Å². The molecule has 0 spiro atoms. The molecule has 0 aliphatic heterocycles. The summed E-state index contributed by atoms with van der Waals surface area (Å²) in [6.45, 7) is 4.26. The number of fused-ring (bicyclic) bond motifs is 1. The largest absolute Gasteiger partial charge is 0.462 e. The van der Waals surface area contributed by atoms with Gasteiger partial charge in [-0.25, -0.2) is 4.79 Å². The van der Waals surface area contributed by atoms with Crippen molar-refractivity contribution in [2.24, 2.45) is 5.92 Å². The van der Waals surface area contributed by atoms with Crippen LogP contribution in [0.15, 0.2) is 18.2 Å². The van der Waals surface area contributed by atoms with Crippen molar-refractivity contribution in [2.45, 2.75) is 46.0 Å². The number of esters is 1. The van der Waals surface area contributed by atoms with Crippen LogP contribution in [0, 0.1) is 5.92 Å². The summed E-state index contributed by atoms with van der Waals surface area (Å²) in [4.78, 5) is 26.4. The number of hydrogen-bond donors (Lipinski definition) is 1. The number of anilines is 1. The van der Waals surface area contributed by atoms with Crippen LogP contribution in [0.2, 0.25) is 10.0 Å². The molecule has 1 aromatic carbocycles. The van der Waals surface area contributed by atoms with Crippen LogP contribution < -0.4 is 5.32 Å². The van der Waals surface area contributed by atoms with Gasteiger partial charge in [-0.3, -0.25) is 4.79 Å². The average molecular weight is 440 g/mol. The van der Waals surface area contributed by atoms with E-state index in [2.05, 4.69) is 12.2 Å². The minimum Gasteiger partial charge on any atom is -0.462 e. The minimum atomic E-state index is -0.374. The van der Waals surface area contributed by atoms with E-state index in [0.29, 0.717) is 38.7 Å². The molecular weight excluding hydrogens is 417 g/mol. The Morgan fingerprint density at radius 2 is 1.96 bits per heavy atom. The maximum atomic E-state index is 12.7. The molecule has 1 heterocycles. The molecule has 1 N–H and O–H groups in total.